The number of H-pyrrole nitrogens is 1. The number of hydrogen-bond donors (Lipinski definition) is 1. The van der Waals surface area contributed by atoms with Gasteiger partial charge in [-0.15, -0.1) is 0 Å². The SMILES string of the molecule is COCCCN1C(C)CN(S(=O)(=O)c2ccc3[nH]c(=O)oc3c2)CC1C. The number of piperazine rings is 1. The van der Waals surface area contributed by atoms with Gasteiger partial charge in [0.15, 0.2) is 5.58 Å². The summed E-state index contributed by atoms with van der Waals surface area (Å²) in [7, 11) is -1.97. The molecule has 2 unspecified atom stereocenters. The van der Waals surface area contributed by atoms with Crippen LogP contribution in [-0.2, 0) is 14.8 Å². The lowest BCUT2D eigenvalue weighted by Crippen LogP contribution is -2.58. The van der Waals surface area contributed by atoms with Crippen molar-refractivity contribution in [2.75, 3.05) is 33.4 Å². The number of sulfonamides is 1. The van der Waals surface area contributed by atoms with Crippen LogP contribution >= 0.6 is 0 Å². The van der Waals surface area contributed by atoms with Gasteiger partial charge in [-0.3, -0.25) is 9.88 Å². The first kappa shape index (κ1) is 19.1. The fourth-order valence-electron chi connectivity index (χ4n) is 3.57. The summed E-state index contributed by atoms with van der Waals surface area (Å²) in [6.45, 7) is 6.51. The molecule has 1 fully saturated rings. The van der Waals surface area contributed by atoms with E-state index in [-0.39, 0.29) is 22.6 Å². The van der Waals surface area contributed by atoms with Gasteiger partial charge in [0, 0.05) is 51.5 Å². The van der Waals surface area contributed by atoms with E-state index in [1.165, 1.54) is 16.4 Å². The van der Waals surface area contributed by atoms with E-state index in [0.29, 0.717) is 25.2 Å². The topological polar surface area (TPSA) is 95.9 Å². The zero-order valence-electron chi connectivity index (χ0n) is 15.3. The molecule has 1 aromatic carbocycles. The molecule has 2 aromatic rings. The Labute approximate surface area is 152 Å². The molecule has 1 saturated heterocycles. The Bertz CT molecular complexity index is 908. The highest BCUT2D eigenvalue weighted by atomic mass is 32.2. The van der Waals surface area contributed by atoms with Crippen molar-refractivity contribution in [3.8, 4) is 0 Å². The Morgan fingerprint density at radius 3 is 2.62 bits per heavy atom. The molecular weight excluding hydrogens is 358 g/mol. The summed E-state index contributed by atoms with van der Waals surface area (Å²) in [6, 6.07) is 4.69. The van der Waals surface area contributed by atoms with Crippen molar-refractivity contribution in [3.05, 3.63) is 28.7 Å². The first-order valence-corrected chi connectivity index (χ1v) is 10.1. The number of fused-ring (bicyclic) bond motifs is 1. The van der Waals surface area contributed by atoms with Gasteiger partial charge in [-0.25, -0.2) is 13.2 Å². The lowest BCUT2D eigenvalue weighted by Gasteiger charge is -2.43. The van der Waals surface area contributed by atoms with Crippen LogP contribution in [0.15, 0.2) is 32.3 Å². The van der Waals surface area contributed by atoms with E-state index in [4.69, 9.17) is 9.15 Å². The Morgan fingerprint density at radius 2 is 1.96 bits per heavy atom. The minimum Gasteiger partial charge on any atom is -0.408 e. The third kappa shape index (κ3) is 3.71. The number of aromatic amines is 1. The predicted octanol–water partition coefficient (Wildman–Crippen LogP) is 1.24. The quantitative estimate of drug-likeness (QED) is 0.754. The molecule has 0 bridgehead atoms. The summed E-state index contributed by atoms with van der Waals surface area (Å²) >= 11 is 0. The lowest BCUT2D eigenvalue weighted by atomic mass is 10.1. The summed E-state index contributed by atoms with van der Waals surface area (Å²) in [4.78, 5) is 16.3. The molecule has 1 aromatic heterocycles. The summed E-state index contributed by atoms with van der Waals surface area (Å²) in [5.41, 5.74) is 0.731. The Hall–Kier alpha value is -1.68. The fourth-order valence-corrected chi connectivity index (χ4v) is 5.19. The van der Waals surface area contributed by atoms with E-state index in [9.17, 15) is 13.2 Å². The minimum atomic E-state index is -3.65. The van der Waals surface area contributed by atoms with E-state index >= 15 is 0 Å². The molecule has 2 atom stereocenters. The molecular formula is C17H25N3O5S. The molecule has 0 saturated carbocycles. The first-order valence-electron chi connectivity index (χ1n) is 8.70. The Balaban J connectivity index is 1.80. The first-order chi connectivity index (χ1) is 12.3. The van der Waals surface area contributed by atoms with Crippen molar-refractivity contribution in [1.29, 1.82) is 0 Å². The van der Waals surface area contributed by atoms with E-state index in [2.05, 4.69) is 9.88 Å². The monoisotopic (exact) mass is 383 g/mol. The summed E-state index contributed by atoms with van der Waals surface area (Å²) < 4.78 is 37.7. The molecule has 8 nitrogen and oxygen atoms in total. The number of benzene rings is 1. The molecule has 0 spiro atoms. The molecule has 1 aliphatic rings. The third-order valence-electron chi connectivity index (χ3n) is 4.86. The molecule has 1 aliphatic heterocycles. The van der Waals surface area contributed by atoms with Crippen LogP contribution in [0, 0.1) is 0 Å². The number of aromatic nitrogens is 1. The summed E-state index contributed by atoms with van der Waals surface area (Å²) in [5, 5.41) is 0. The van der Waals surface area contributed by atoms with Crippen LogP contribution < -0.4 is 5.76 Å². The largest absolute Gasteiger partial charge is 0.417 e. The fraction of sp³-hybridized carbons (Fsp3) is 0.588. The van der Waals surface area contributed by atoms with E-state index in [1.54, 1.807) is 13.2 Å². The molecule has 144 valence electrons. The second-order valence-electron chi connectivity index (χ2n) is 6.78. The molecule has 0 aliphatic carbocycles. The number of hydrogen-bond acceptors (Lipinski definition) is 6. The van der Waals surface area contributed by atoms with Crippen LogP contribution in [0.2, 0.25) is 0 Å². The lowest BCUT2D eigenvalue weighted by molar-refractivity contribution is 0.0666. The molecule has 9 heteroatoms. The highest BCUT2D eigenvalue weighted by Crippen LogP contribution is 2.25. The van der Waals surface area contributed by atoms with Gasteiger partial charge in [0.2, 0.25) is 10.0 Å². The Morgan fingerprint density at radius 1 is 1.27 bits per heavy atom. The normalized spacial score (nSPS) is 22.9. The second-order valence-corrected chi connectivity index (χ2v) is 8.71. The van der Waals surface area contributed by atoms with Gasteiger partial charge < -0.3 is 9.15 Å². The van der Waals surface area contributed by atoms with Gasteiger partial charge in [-0.1, -0.05) is 0 Å². The van der Waals surface area contributed by atoms with Crippen molar-refractivity contribution in [2.45, 2.75) is 37.2 Å². The van der Waals surface area contributed by atoms with Crippen LogP contribution in [0.25, 0.3) is 11.1 Å². The average molecular weight is 383 g/mol. The number of methoxy groups -OCH3 is 1. The molecule has 0 amide bonds. The maximum atomic E-state index is 13.1. The van der Waals surface area contributed by atoms with Crippen molar-refractivity contribution in [3.63, 3.8) is 0 Å². The van der Waals surface area contributed by atoms with Crippen LogP contribution in [0.1, 0.15) is 20.3 Å². The van der Waals surface area contributed by atoms with Crippen LogP contribution in [-0.4, -0.2) is 68.0 Å². The van der Waals surface area contributed by atoms with Crippen LogP contribution in [0.5, 0.6) is 0 Å². The average Bonchev–Trinajstić information content (AvgIpc) is 2.96. The number of nitrogens with one attached hydrogen (secondary N) is 1. The van der Waals surface area contributed by atoms with Gasteiger partial charge in [0.25, 0.3) is 0 Å². The smallest absolute Gasteiger partial charge is 0.408 e. The van der Waals surface area contributed by atoms with Crippen molar-refractivity contribution < 1.29 is 17.6 Å². The molecule has 26 heavy (non-hydrogen) atoms. The molecule has 3 rings (SSSR count). The van der Waals surface area contributed by atoms with Crippen molar-refractivity contribution in [1.82, 2.24) is 14.2 Å². The number of ether oxygens (including phenoxy) is 1. The predicted molar refractivity (Wildman–Crippen MR) is 97.7 cm³/mol. The van der Waals surface area contributed by atoms with Gasteiger partial charge in [0.05, 0.1) is 10.4 Å². The maximum Gasteiger partial charge on any atom is 0.417 e. The highest BCUT2D eigenvalue weighted by molar-refractivity contribution is 7.89. The summed E-state index contributed by atoms with van der Waals surface area (Å²) in [5.74, 6) is -0.596. The Kier molecular flexibility index (Phi) is 5.52. The van der Waals surface area contributed by atoms with E-state index < -0.39 is 15.8 Å². The molecule has 1 N–H and O–H groups in total. The standard InChI is InChI=1S/C17H25N3O5S/c1-12-10-19(11-13(2)20(12)7-4-8-24-3)26(22,23)14-5-6-15-16(9-14)25-17(21)18-15/h5-6,9,12-13H,4,7-8,10-11H2,1-3H3,(H,18,21). The summed E-state index contributed by atoms with van der Waals surface area (Å²) in [6.07, 6.45) is 0.918. The number of rotatable bonds is 6. The van der Waals surface area contributed by atoms with Crippen molar-refractivity contribution in [2.24, 2.45) is 0 Å². The van der Waals surface area contributed by atoms with Gasteiger partial charge in [0.1, 0.15) is 0 Å². The van der Waals surface area contributed by atoms with Gasteiger partial charge >= 0.3 is 5.76 Å². The second kappa shape index (κ2) is 7.51. The van der Waals surface area contributed by atoms with E-state index in [1.807, 2.05) is 13.8 Å². The number of nitrogens with zero attached hydrogens (tertiary/aromatic N) is 2. The molecule has 0 radical (unpaired) electrons. The van der Waals surface area contributed by atoms with Gasteiger partial charge in [-0.05, 0) is 32.4 Å². The number of oxazole rings is 1. The minimum absolute atomic E-state index is 0.110. The van der Waals surface area contributed by atoms with Gasteiger partial charge in [-0.2, -0.15) is 4.31 Å². The zero-order chi connectivity index (χ0) is 18.9. The van der Waals surface area contributed by atoms with E-state index in [0.717, 1.165) is 13.0 Å². The third-order valence-corrected chi connectivity index (χ3v) is 6.69. The van der Waals surface area contributed by atoms with Crippen LogP contribution in [0.4, 0.5) is 0 Å². The van der Waals surface area contributed by atoms with Crippen LogP contribution in [0.3, 0.4) is 0 Å². The highest BCUT2D eigenvalue weighted by Gasteiger charge is 2.36. The molecule has 2 heterocycles. The maximum absolute atomic E-state index is 13.1. The van der Waals surface area contributed by atoms with Crippen molar-refractivity contribution >= 4 is 21.1 Å². The zero-order valence-corrected chi connectivity index (χ0v) is 16.1.